The first-order valence-corrected chi connectivity index (χ1v) is 8.35. The smallest absolute Gasteiger partial charge is 0.0877 e. The Morgan fingerprint density at radius 1 is 1.41 bits per heavy atom. The first-order valence-electron chi connectivity index (χ1n) is 5.73. The Morgan fingerprint density at radius 3 is 3.06 bits per heavy atom. The molecule has 1 aliphatic carbocycles. The largest absolute Gasteiger partial charge is 0.388 e. The summed E-state index contributed by atoms with van der Waals surface area (Å²) in [5, 5.41) is 16.8. The van der Waals surface area contributed by atoms with Crippen molar-refractivity contribution >= 4 is 38.6 Å². The predicted octanol–water partition coefficient (Wildman–Crippen LogP) is 4.73. The summed E-state index contributed by atoms with van der Waals surface area (Å²) in [5.41, 5.74) is 2.41. The number of rotatable bonds is 2. The van der Waals surface area contributed by atoms with Crippen LogP contribution in [0.1, 0.15) is 40.9 Å². The predicted molar refractivity (Wildman–Crippen MR) is 77.0 cm³/mol. The van der Waals surface area contributed by atoms with Crippen molar-refractivity contribution in [2.24, 2.45) is 0 Å². The van der Waals surface area contributed by atoms with Crippen molar-refractivity contribution in [1.29, 1.82) is 0 Å². The van der Waals surface area contributed by atoms with Crippen LogP contribution in [0.2, 0.25) is 0 Å². The minimum atomic E-state index is -0.371. The zero-order chi connectivity index (χ0) is 11.8. The summed E-state index contributed by atoms with van der Waals surface area (Å²) < 4.78 is 1.04. The topological polar surface area (TPSA) is 20.2 Å². The van der Waals surface area contributed by atoms with Gasteiger partial charge in [-0.15, -0.1) is 11.3 Å². The number of thiophene rings is 2. The third-order valence-corrected chi connectivity index (χ3v) is 6.19. The van der Waals surface area contributed by atoms with Crippen LogP contribution < -0.4 is 0 Å². The summed E-state index contributed by atoms with van der Waals surface area (Å²) in [4.78, 5) is 1.46. The highest BCUT2D eigenvalue weighted by Gasteiger charge is 2.29. The molecule has 2 atom stereocenters. The van der Waals surface area contributed by atoms with Crippen LogP contribution in [0.15, 0.2) is 26.7 Å². The Balaban J connectivity index is 1.94. The minimum Gasteiger partial charge on any atom is -0.388 e. The summed E-state index contributed by atoms with van der Waals surface area (Å²) in [6.45, 7) is 0. The van der Waals surface area contributed by atoms with Crippen LogP contribution >= 0.6 is 38.6 Å². The third kappa shape index (κ3) is 2.12. The second kappa shape index (κ2) is 4.84. The lowest BCUT2D eigenvalue weighted by Crippen LogP contribution is -2.15. The van der Waals surface area contributed by atoms with E-state index in [1.165, 1.54) is 23.3 Å². The molecule has 0 saturated heterocycles. The van der Waals surface area contributed by atoms with Crippen LogP contribution in [0, 0.1) is 0 Å². The van der Waals surface area contributed by atoms with E-state index in [2.05, 4.69) is 32.8 Å². The zero-order valence-corrected chi connectivity index (χ0v) is 12.4. The van der Waals surface area contributed by atoms with Crippen molar-refractivity contribution in [3.05, 3.63) is 42.7 Å². The second-order valence-electron chi connectivity index (χ2n) is 4.42. The number of hydrogen-bond acceptors (Lipinski definition) is 3. The quantitative estimate of drug-likeness (QED) is 0.845. The molecular weight excluding hydrogens is 316 g/mol. The first-order chi connectivity index (χ1) is 8.27. The van der Waals surface area contributed by atoms with Crippen LogP contribution in [0.3, 0.4) is 0 Å². The van der Waals surface area contributed by atoms with Gasteiger partial charge in [-0.1, -0.05) is 0 Å². The Labute approximate surface area is 117 Å². The van der Waals surface area contributed by atoms with Crippen molar-refractivity contribution in [2.45, 2.75) is 31.3 Å². The molecule has 0 fully saturated rings. The average molecular weight is 329 g/mol. The minimum absolute atomic E-state index is 0.274. The second-order valence-corrected chi connectivity index (χ2v) is 7.02. The fraction of sp³-hybridized carbons (Fsp3) is 0.385. The van der Waals surface area contributed by atoms with Crippen LogP contribution in [-0.2, 0) is 6.42 Å². The molecule has 2 aromatic rings. The average Bonchev–Trinajstić information content (AvgIpc) is 2.95. The molecule has 0 radical (unpaired) electrons. The first kappa shape index (κ1) is 11.9. The van der Waals surface area contributed by atoms with Crippen LogP contribution in [-0.4, -0.2) is 5.11 Å². The monoisotopic (exact) mass is 328 g/mol. The van der Waals surface area contributed by atoms with Crippen molar-refractivity contribution in [1.82, 2.24) is 0 Å². The van der Waals surface area contributed by atoms with Crippen LogP contribution in [0.5, 0.6) is 0 Å². The lowest BCUT2D eigenvalue weighted by molar-refractivity contribution is 0.136. The standard InChI is InChI=1S/C13H13BrOS2/c14-11-7-16-6-10(11)13(15)9-2-1-3-12-8(9)4-5-17-12/h4-7,9,13,15H,1-3H2. The summed E-state index contributed by atoms with van der Waals surface area (Å²) in [6, 6.07) is 2.19. The molecule has 0 bridgehead atoms. The van der Waals surface area contributed by atoms with Gasteiger partial charge < -0.3 is 5.11 Å². The SMILES string of the molecule is OC(c1cscc1Br)C1CCCc2sccc21. The van der Waals surface area contributed by atoms with E-state index in [-0.39, 0.29) is 12.0 Å². The van der Waals surface area contributed by atoms with Crippen molar-refractivity contribution < 1.29 is 5.11 Å². The van der Waals surface area contributed by atoms with E-state index < -0.39 is 0 Å². The maximum atomic E-state index is 10.6. The molecule has 3 rings (SSSR count). The Bertz CT molecular complexity index is 517. The molecule has 2 unspecified atom stereocenters. The molecule has 0 amide bonds. The molecule has 4 heteroatoms. The highest BCUT2D eigenvalue weighted by molar-refractivity contribution is 9.10. The van der Waals surface area contributed by atoms with Gasteiger partial charge in [0, 0.05) is 26.2 Å². The molecular formula is C13H13BrOS2. The van der Waals surface area contributed by atoms with Crippen molar-refractivity contribution in [2.75, 3.05) is 0 Å². The third-order valence-electron chi connectivity index (χ3n) is 3.44. The van der Waals surface area contributed by atoms with E-state index in [1.54, 1.807) is 11.3 Å². The fourth-order valence-corrected chi connectivity index (χ4v) is 5.13. The van der Waals surface area contributed by atoms with Gasteiger partial charge in [0.05, 0.1) is 6.10 Å². The van der Waals surface area contributed by atoms with Crippen LogP contribution in [0.4, 0.5) is 0 Å². The summed E-state index contributed by atoms with van der Waals surface area (Å²) in [6.07, 6.45) is 3.09. The van der Waals surface area contributed by atoms with Gasteiger partial charge in [-0.3, -0.25) is 0 Å². The van der Waals surface area contributed by atoms with Gasteiger partial charge in [-0.2, -0.15) is 11.3 Å². The van der Waals surface area contributed by atoms with Gasteiger partial charge in [0.15, 0.2) is 0 Å². The van der Waals surface area contributed by atoms with Gasteiger partial charge in [-0.25, -0.2) is 0 Å². The summed E-state index contributed by atoms with van der Waals surface area (Å²) in [5.74, 6) is 0.274. The van der Waals surface area contributed by atoms with E-state index >= 15 is 0 Å². The fourth-order valence-electron chi connectivity index (χ4n) is 2.57. The zero-order valence-electron chi connectivity index (χ0n) is 9.23. The highest BCUT2D eigenvalue weighted by Crippen LogP contribution is 2.44. The molecule has 0 spiro atoms. The molecule has 2 heterocycles. The highest BCUT2D eigenvalue weighted by atomic mass is 79.9. The number of aryl methyl sites for hydroxylation is 1. The van der Waals surface area contributed by atoms with Gasteiger partial charge in [0.2, 0.25) is 0 Å². The normalized spacial score (nSPS) is 21.2. The van der Waals surface area contributed by atoms with Crippen LogP contribution in [0.25, 0.3) is 0 Å². The van der Waals surface area contributed by atoms with E-state index in [9.17, 15) is 5.11 Å². The van der Waals surface area contributed by atoms with E-state index in [4.69, 9.17) is 0 Å². The molecule has 17 heavy (non-hydrogen) atoms. The van der Waals surface area contributed by atoms with Crippen molar-refractivity contribution in [3.8, 4) is 0 Å². The van der Waals surface area contributed by atoms with Gasteiger partial charge in [0.1, 0.15) is 0 Å². The lowest BCUT2D eigenvalue weighted by Gasteiger charge is -2.27. The number of fused-ring (bicyclic) bond motifs is 1. The molecule has 1 aliphatic rings. The van der Waals surface area contributed by atoms with E-state index in [1.807, 2.05) is 16.7 Å². The number of aliphatic hydroxyl groups is 1. The number of aliphatic hydroxyl groups excluding tert-OH is 1. The van der Waals surface area contributed by atoms with Gasteiger partial charge >= 0.3 is 0 Å². The lowest BCUT2D eigenvalue weighted by atomic mass is 9.82. The maximum absolute atomic E-state index is 10.6. The Hall–Kier alpha value is -0.160. The molecule has 0 aliphatic heterocycles. The number of hydrogen-bond donors (Lipinski definition) is 1. The number of halogens is 1. The molecule has 1 nitrogen and oxygen atoms in total. The van der Waals surface area contributed by atoms with Crippen molar-refractivity contribution in [3.63, 3.8) is 0 Å². The Morgan fingerprint density at radius 2 is 2.29 bits per heavy atom. The van der Waals surface area contributed by atoms with E-state index in [0.717, 1.165) is 16.5 Å². The molecule has 0 aromatic carbocycles. The van der Waals surface area contributed by atoms with E-state index in [0.29, 0.717) is 0 Å². The van der Waals surface area contributed by atoms with Gasteiger partial charge in [-0.05, 0) is 57.6 Å². The summed E-state index contributed by atoms with van der Waals surface area (Å²) >= 11 is 6.98. The Kier molecular flexibility index (Phi) is 3.39. The summed E-state index contributed by atoms with van der Waals surface area (Å²) in [7, 11) is 0. The molecule has 1 N–H and O–H groups in total. The molecule has 2 aromatic heterocycles. The molecule has 0 saturated carbocycles. The molecule has 90 valence electrons. The maximum Gasteiger partial charge on any atom is 0.0877 e. The van der Waals surface area contributed by atoms with Gasteiger partial charge in [0.25, 0.3) is 0 Å².